The number of rotatable bonds is 5. The van der Waals surface area contributed by atoms with Gasteiger partial charge in [0.25, 0.3) is 0 Å². The minimum atomic E-state index is -0.300. The Kier molecular flexibility index (Phi) is 3.87. The van der Waals surface area contributed by atoms with Crippen LogP contribution in [0.2, 0.25) is 0 Å². The number of oxime groups is 1. The van der Waals surface area contributed by atoms with E-state index in [4.69, 9.17) is 9.57 Å². The van der Waals surface area contributed by atoms with Crippen LogP contribution < -0.4 is 4.74 Å². The van der Waals surface area contributed by atoms with E-state index in [-0.39, 0.29) is 18.0 Å². The molecule has 108 valence electrons. The first-order valence-corrected chi connectivity index (χ1v) is 7.09. The predicted molar refractivity (Wildman–Crippen MR) is 74.5 cm³/mol. The average Bonchev–Trinajstić information content (AvgIpc) is 2.86. The molecule has 2 aliphatic rings. The van der Waals surface area contributed by atoms with Crippen molar-refractivity contribution in [3.8, 4) is 5.75 Å². The van der Waals surface area contributed by atoms with Crippen LogP contribution >= 0.6 is 0 Å². The van der Waals surface area contributed by atoms with E-state index in [1.165, 1.54) is 6.07 Å². The second kappa shape index (κ2) is 5.79. The normalized spacial score (nSPS) is 23.1. The van der Waals surface area contributed by atoms with Gasteiger partial charge >= 0.3 is 0 Å². The Morgan fingerprint density at radius 2 is 2.20 bits per heavy atom. The SMILES string of the molecule is CCC1=NO[C@@H](CN2CC(Oc3ccccc3F)C2)C1. The molecule has 3 rings (SSSR count). The molecule has 1 fully saturated rings. The van der Waals surface area contributed by atoms with Crippen LogP contribution in [0.15, 0.2) is 29.4 Å². The fraction of sp³-hybridized carbons (Fsp3) is 0.533. The van der Waals surface area contributed by atoms with Crippen LogP contribution in [0.25, 0.3) is 0 Å². The molecular weight excluding hydrogens is 259 g/mol. The number of hydrogen-bond donors (Lipinski definition) is 0. The summed E-state index contributed by atoms with van der Waals surface area (Å²) in [7, 11) is 0. The lowest BCUT2D eigenvalue weighted by Gasteiger charge is -2.39. The molecule has 0 aromatic heterocycles. The molecule has 0 bridgehead atoms. The van der Waals surface area contributed by atoms with E-state index in [0.29, 0.717) is 5.75 Å². The largest absolute Gasteiger partial charge is 0.485 e. The zero-order valence-corrected chi connectivity index (χ0v) is 11.6. The minimum absolute atomic E-state index is 0.0693. The molecule has 4 nitrogen and oxygen atoms in total. The van der Waals surface area contributed by atoms with Gasteiger partial charge in [0.15, 0.2) is 11.6 Å². The minimum Gasteiger partial charge on any atom is -0.485 e. The van der Waals surface area contributed by atoms with E-state index in [9.17, 15) is 4.39 Å². The maximum Gasteiger partial charge on any atom is 0.165 e. The third kappa shape index (κ3) is 2.93. The molecular formula is C15H19FN2O2. The van der Waals surface area contributed by atoms with Gasteiger partial charge in [0.1, 0.15) is 12.2 Å². The Balaban J connectivity index is 1.40. The summed E-state index contributed by atoms with van der Waals surface area (Å²) in [6.07, 6.45) is 2.11. The first-order valence-electron chi connectivity index (χ1n) is 7.09. The fourth-order valence-electron chi connectivity index (χ4n) is 2.55. The molecule has 1 saturated heterocycles. The molecule has 0 radical (unpaired) electrons. The van der Waals surface area contributed by atoms with E-state index in [1.807, 2.05) is 0 Å². The summed E-state index contributed by atoms with van der Waals surface area (Å²) in [5, 5.41) is 4.05. The van der Waals surface area contributed by atoms with Gasteiger partial charge in [-0.1, -0.05) is 24.2 Å². The molecule has 1 atom stereocenters. The molecule has 5 heteroatoms. The van der Waals surface area contributed by atoms with Crippen LogP contribution in [0.5, 0.6) is 5.75 Å². The molecule has 20 heavy (non-hydrogen) atoms. The summed E-state index contributed by atoms with van der Waals surface area (Å²) >= 11 is 0. The molecule has 0 saturated carbocycles. The smallest absolute Gasteiger partial charge is 0.165 e. The number of hydrogen-bond acceptors (Lipinski definition) is 4. The van der Waals surface area contributed by atoms with Crippen molar-refractivity contribution < 1.29 is 14.0 Å². The van der Waals surface area contributed by atoms with Gasteiger partial charge < -0.3 is 9.57 Å². The molecule has 0 unspecified atom stereocenters. The van der Waals surface area contributed by atoms with Crippen molar-refractivity contribution in [3.05, 3.63) is 30.1 Å². The average molecular weight is 278 g/mol. The maximum absolute atomic E-state index is 13.4. The second-order valence-electron chi connectivity index (χ2n) is 5.33. The molecule has 1 aromatic rings. The lowest BCUT2D eigenvalue weighted by molar-refractivity contribution is -0.0226. The maximum atomic E-state index is 13.4. The van der Waals surface area contributed by atoms with Crippen molar-refractivity contribution in [3.63, 3.8) is 0 Å². The summed E-state index contributed by atoms with van der Waals surface area (Å²) in [6, 6.07) is 6.53. The van der Waals surface area contributed by atoms with Crippen molar-refractivity contribution >= 4 is 5.71 Å². The summed E-state index contributed by atoms with van der Waals surface area (Å²) in [4.78, 5) is 7.64. The number of likely N-dealkylation sites (tertiary alicyclic amines) is 1. The van der Waals surface area contributed by atoms with Crippen molar-refractivity contribution in [1.82, 2.24) is 4.90 Å². The van der Waals surface area contributed by atoms with Crippen LogP contribution in [0, 0.1) is 5.82 Å². The van der Waals surface area contributed by atoms with E-state index >= 15 is 0 Å². The molecule has 0 N–H and O–H groups in total. The highest BCUT2D eigenvalue weighted by Crippen LogP contribution is 2.22. The van der Waals surface area contributed by atoms with E-state index in [1.54, 1.807) is 18.2 Å². The van der Waals surface area contributed by atoms with Crippen molar-refractivity contribution in [2.24, 2.45) is 5.16 Å². The van der Waals surface area contributed by atoms with Crippen molar-refractivity contribution in [2.75, 3.05) is 19.6 Å². The van der Waals surface area contributed by atoms with Gasteiger partial charge in [-0.2, -0.15) is 0 Å². The fourth-order valence-corrected chi connectivity index (χ4v) is 2.55. The topological polar surface area (TPSA) is 34.1 Å². The Bertz CT molecular complexity index is 500. The van der Waals surface area contributed by atoms with Crippen LogP contribution in [-0.4, -0.2) is 42.5 Å². The third-order valence-electron chi connectivity index (χ3n) is 3.72. The molecule has 0 aliphatic carbocycles. The van der Waals surface area contributed by atoms with Crippen molar-refractivity contribution in [1.29, 1.82) is 0 Å². The summed E-state index contributed by atoms with van der Waals surface area (Å²) in [6.45, 7) is 4.59. The number of benzene rings is 1. The van der Waals surface area contributed by atoms with E-state index in [2.05, 4.69) is 17.0 Å². The van der Waals surface area contributed by atoms with Gasteiger partial charge in [0.2, 0.25) is 0 Å². The number of ether oxygens (including phenoxy) is 1. The van der Waals surface area contributed by atoms with Crippen molar-refractivity contribution in [2.45, 2.75) is 32.0 Å². The molecule has 0 amide bonds. The van der Waals surface area contributed by atoms with Crippen LogP contribution in [0.3, 0.4) is 0 Å². The standard InChI is InChI=1S/C15H19FN2O2/c1-2-11-7-12(20-17-11)8-18-9-13(10-18)19-15-6-4-3-5-14(15)16/h3-6,12-13H,2,7-10H2,1H3/t12-/m1/s1. The Morgan fingerprint density at radius 3 is 2.90 bits per heavy atom. The molecule has 2 aliphatic heterocycles. The second-order valence-corrected chi connectivity index (χ2v) is 5.33. The monoisotopic (exact) mass is 278 g/mol. The van der Waals surface area contributed by atoms with E-state index < -0.39 is 0 Å². The highest BCUT2D eigenvalue weighted by Gasteiger charge is 2.32. The lowest BCUT2D eigenvalue weighted by atomic mass is 10.1. The Morgan fingerprint density at radius 1 is 1.40 bits per heavy atom. The zero-order valence-electron chi connectivity index (χ0n) is 11.6. The van der Waals surface area contributed by atoms with Gasteiger partial charge in [-0.15, -0.1) is 0 Å². The van der Waals surface area contributed by atoms with Gasteiger partial charge in [0.05, 0.1) is 5.71 Å². The zero-order chi connectivity index (χ0) is 13.9. The lowest BCUT2D eigenvalue weighted by Crippen LogP contribution is -2.55. The third-order valence-corrected chi connectivity index (χ3v) is 3.72. The van der Waals surface area contributed by atoms with Crippen LogP contribution in [0.1, 0.15) is 19.8 Å². The highest BCUT2D eigenvalue weighted by atomic mass is 19.1. The first kappa shape index (κ1) is 13.4. The summed E-state index contributed by atoms with van der Waals surface area (Å²) in [5.41, 5.74) is 1.13. The predicted octanol–water partition coefficient (Wildman–Crippen LogP) is 2.44. The van der Waals surface area contributed by atoms with Crippen LogP contribution in [0.4, 0.5) is 4.39 Å². The molecule has 2 heterocycles. The van der Waals surface area contributed by atoms with E-state index in [0.717, 1.165) is 38.2 Å². The van der Waals surface area contributed by atoms with Gasteiger partial charge in [-0.25, -0.2) is 4.39 Å². The quantitative estimate of drug-likeness (QED) is 0.829. The van der Waals surface area contributed by atoms with Crippen LogP contribution in [-0.2, 0) is 4.84 Å². The summed E-state index contributed by atoms with van der Waals surface area (Å²) in [5.74, 6) is 0.0388. The van der Waals surface area contributed by atoms with Gasteiger partial charge in [-0.05, 0) is 18.6 Å². The highest BCUT2D eigenvalue weighted by molar-refractivity contribution is 5.85. The number of para-hydroxylation sites is 1. The number of halogens is 1. The Labute approximate surface area is 118 Å². The molecule has 1 aromatic carbocycles. The van der Waals surface area contributed by atoms with Gasteiger partial charge in [-0.3, -0.25) is 4.90 Å². The first-order chi connectivity index (χ1) is 9.74. The summed E-state index contributed by atoms with van der Waals surface area (Å²) < 4.78 is 19.1. The Hall–Kier alpha value is -1.62. The molecule has 0 spiro atoms. The van der Waals surface area contributed by atoms with Gasteiger partial charge in [0, 0.05) is 26.1 Å². The number of nitrogens with zero attached hydrogens (tertiary/aromatic N) is 2.